The van der Waals surface area contributed by atoms with Crippen LogP contribution in [0.3, 0.4) is 0 Å². The van der Waals surface area contributed by atoms with Gasteiger partial charge >= 0.3 is 5.97 Å². The van der Waals surface area contributed by atoms with Gasteiger partial charge in [-0.3, -0.25) is 0 Å². The van der Waals surface area contributed by atoms with Crippen molar-refractivity contribution >= 4 is 17.3 Å². The Bertz CT molecular complexity index is 575. The van der Waals surface area contributed by atoms with Crippen LogP contribution in [0.25, 0.3) is 10.4 Å². The van der Waals surface area contributed by atoms with Crippen molar-refractivity contribution in [2.75, 3.05) is 13.7 Å². The minimum absolute atomic E-state index is 0.188. The van der Waals surface area contributed by atoms with Gasteiger partial charge in [0.2, 0.25) is 0 Å². The lowest BCUT2D eigenvalue weighted by Crippen LogP contribution is -2.02. The molecule has 0 spiro atoms. The van der Waals surface area contributed by atoms with Crippen molar-refractivity contribution in [3.8, 4) is 21.9 Å². The summed E-state index contributed by atoms with van der Waals surface area (Å²) in [5, 5.41) is 11.1. The number of methoxy groups -OCH3 is 1. The third kappa shape index (κ3) is 2.71. The highest BCUT2D eigenvalue weighted by Gasteiger charge is 2.17. The van der Waals surface area contributed by atoms with Gasteiger partial charge in [-0.05, 0) is 30.5 Å². The summed E-state index contributed by atoms with van der Waals surface area (Å²) in [5.41, 5.74) is 0.925. The zero-order valence-corrected chi connectivity index (χ0v) is 11.5. The van der Waals surface area contributed by atoms with Crippen LogP contribution in [0.2, 0.25) is 0 Å². The topological polar surface area (TPSA) is 55.8 Å². The molecular weight excluding hydrogens is 264 g/mol. The van der Waals surface area contributed by atoms with Gasteiger partial charge in [-0.15, -0.1) is 11.3 Å². The second kappa shape index (κ2) is 5.75. The molecule has 0 atom stereocenters. The SMILES string of the molecule is CCOc1cc(C(=O)O)cc(-c2cccs2)c1OC. The Balaban J connectivity index is 2.65. The quantitative estimate of drug-likeness (QED) is 0.909. The molecule has 0 saturated carbocycles. The molecule has 1 aromatic heterocycles. The molecule has 2 aromatic rings. The van der Waals surface area contributed by atoms with E-state index in [0.717, 1.165) is 10.4 Å². The first-order valence-electron chi connectivity index (χ1n) is 5.79. The molecule has 0 aliphatic rings. The molecule has 0 amide bonds. The molecule has 0 aliphatic carbocycles. The maximum Gasteiger partial charge on any atom is 0.335 e. The molecule has 0 unspecified atom stereocenters. The van der Waals surface area contributed by atoms with E-state index in [4.69, 9.17) is 9.47 Å². The molecule has 4 nitrogen and oxygen atoms in total. The number of hydrogen-bond donors (Lipinski definition) is 1. The Kier molecular flexibility index (Phi) is 4.06. The molecule has 1 N–H and O–H groups in total. The molecule has 0 radical (unpaired) electrons. The summed E-state index contributed by atoms with van der Waals surface area (Å²) in [6, 6.07) is 6.93. The van der Waals surface area contributed by atoms with E-state index in [1.165, 1.54) is 17.4 Å². The Morgan fingerprint density at radius 1 is 1.42 bits per heavy atom. The van der Waals surface area contributed by atoms with Crippen LogP contribution in [0.1, 0.15) is 17.3 Å². The summed E-state index contributed by atoms with van der Waals surface area (Å²) >= 11 is 1.52. The average molecular weight is 278 g/mol. The van der Waals surface area contributed by atoms with E-state index in [2.05, 4.69) is 0 Å². The first-order valence-corrected chi connectivity index (χ1v) is 6.67. The van der Waals surface area contributed by atoms with Gasteiger partial charge in [0.15, 0.2) is 11.5 Å². The number of aromatic carboxylic acids is 1. The molecule has 0 aliphatic heterocycles. The summed E-state index contributed by atoms with van der Waals surface area (Å²) in [7, 11) is 1.55. The summed E-state index contributed by atoms with van der Waals surface area (Å²) in [4.78, 5) is 12.1. The third-order valence-corrected chi connectivity index (χ3v) is 3.50. The average Bonchev–Trinajstić information content (AvgIpc) is 2.91. The molecule has 5 heteroatoms. The lowest BCUT2D eigenvalue weighted by molar-refractivity contribution is 0.0696. The van der Waals surface area contributed by atoms with Gasteiger partial charge in [0.25, 0.3) is 0 Å². The van der Waals surface area contributed by atoms with E-state index in [-0.39, 0.29) is 5.56 Å². The molecule has 0 saturated heterocycles. The van der Waals surface area contributed by atoms with E-state index >= 15 is 0 Å². The van der Waals surface area contributed by atoms with E-state index in [0.29, 0.717) is 18.1 Å². The Morgan fingerprint density at radius 3 is 2.74 bits per heavy atom. The number of hydrogen-bond acceptors (Lipinski definition) is 4. The Hall–Kier alpha value is -2.01. The second-order valence-electron chi connectivity index (χ2n) is 3.77. The van der Waals surface area contributed by atoms with E-state index in [1.807, 2.05) is 24.4 Å². The predicted octanol–water partition coefficient (Wildman–Crippen LogP) is 3.52. The van der Waals surface area contributed by atoms with Crippen molar-refractivity contribution in [2.45, 2.75) is 6.92 Å². The zero-order valence-electron chi connectivity index (χ0n) is 10.7. The highest BCUT2D eigenvalue weighted by Crippen LogP contribution is 2.41. The highest BCUT2D eigenvalue weighted by atomic mass is 32.1. The second-order valence-corrected chi connectivity index (χ2v) is 4.72. The van der Waals surface area contributed by atoms with Gasteiger partial charge in [-0.1, -0.05) is 6.07 Å². The smallest absolute Gasteiger partial charge is 0.335 e. The number of ether oxygens (including phenoxy) is 2. The summed E-state index contributed by atoms with van der Waals surface area (Å²) in [6.07, 6.45) is 0. The van der Waals surface area contributed by atoms with Crippen molar-refractivity contribution in [3.05, 3.63) is 35.2 Å². The van der Waals surface area contributed by atoms with Crippen LogP contribution >= 0.6 is 11.3 Å². The van der Waals surface area contributed by atoms with Crippen LogP contribution in [0.15, 0.2) is 29.6 Å². The number of rotatable bonds is 5. The molecule has 1 heterocycles. The van der Waals surface area contributed by atoms with Crippen molar-refractivity contribution in [3.63, 3.8) is 0 Å². The number of carboxylic acids is 1. The predicted molar refractivity (Wildman–Crippen MR) is 74.4 cm³/mol. The third-order valence-electron chi connectivity index (χ3n) is 2.59. The Labute approximate surface area is 115 Å². The number of thiophene rings is 1. The monoisotopic (exact) mass is 278 g/mol. The van der Waals surface area contributed by atoms with Gasteiger partial charge in [-0.25, -0.2) is 4.79 Å². The summed E-state index contributed by atoms with van der Waals surface area (Å²) in [6.45, 7) is 2.29. The minimum Gasteiger partial charge on any atom is -0.492 e. The van der Waals surface area contributed by atoms with Crippen LogP contribution in [0.5, 0.6) is 11.5 Å². The van der Waals surface area contributed by atoms with Crippen molar-refractivity contribution in [1.82, 2.24) is 0 Å². The summed E-state index contributed by atoms with van der Waals surface area (Å²) in [5.74, 6) is 0.0315. The van der Waals surface area contributed by atoms with Crippen LogP contribution in [0.4, 0.5) is 0 Å². The van der Waals surface area contributed by atoms with Gasteiger partial charge in [0, 0.05) is 10.4 Å². The highest BCUT2D eigenvalue weighted by molar-refractivity contribution is 7.13. The largest absolute Gasteiger partial charge is 0.492 e. The molecule has 1 aromatic carbocycles. The van der Waals surface area contributed by atoms with Crippen molar-refractivity contribution in [2.24, 2.45) is 0 Å². The van der Waals surface area contributed by atoms with Crippen LogP contribution in [0, 0.1) is 0 Å². The molecule has 0 fully saturated rings. The lowest BCUT2D eigenvalue weighted by Gasteiger charge is -2.14. The molecule has 19 heavy (non-hydrogen) atoms. The molecule has 100 valence electrons. The normalized spacial score (nSPS) is 10.2. The standard InChI is InChI=1S/C14H14O4S/c1-3-18-11-8-9(14(15)16)7-10(13(11)17-2)12-5-4-6-19-12/h4-8H,3H2,1-2H3,(H,15,16). The number of benzene rings is 1. The molecule has 0 bridgehead atoms. The van der Waals surface area contributed by atoms with E-state index < -0.39 is 5.97 Å². The molecular formula is C14H14O4S. The van der Waals surface area contributed by atoms with E-state index in [9.17, 15) is 9.90 Å². The fourth-order valence-electron chi connectivity index (χ4n) is 1.81. The zero-order chi connectivity index (χ0) is 13.8. The lowest BCUT2D eigenvalue weighted by atomic mass is 10.1. The Morgan fingerprint density at radius 2 is 2.21 bits per heavy atom. The molecule has 2 rings (SSSR count). The van der Waals surface area contributed by atoms with Crippen molar-refractivity contribution in [1.29, 1.82) is 0 Å². The minimum atomic E-state index is -0.985. The maximum atomic E-state index is 11.2. The van der Waals surface area contributed by atoms with Crippen LogP contribution in [-0.4, -0.2) is 24.8 Å². The first-order chi connectivity index (χ1) is 9.17. The fraction of sp³-hybridized carbons (Fsp3) is 0.214. The number of carbonyl (C=O) groups is 1. The van der Waals surface area contributed by atoms with Crippen LogP contribution in [-0.2, 0) is 0 Å². The van der Waals surface area contributed by atoms with E-state index in [1.54, 1.807) is 13.2 Å². The van der Waals surface area contributed by atoms with Crippen molar-refractivity contribution < 1.29 is 19.4 Å². The van der Waals surface area contributed by atoms with Gasteiger partial charge in [0.1, 0.15) is 0 Å². The number of carboxylic acid groups (broad SMARTS) is 1. The fourth-order valence-corrected chi connectivity index (χ4v) is 2.55. The van der Waals surface area contributed by atoms with Gasteiger partial charge < -0.3 is 14.6 Å². The van der Waals surface area contributed by atoms with Gasteiger partial charge in [0.05, 0.1) is 19.3 Å². The van der Waals surface area contributed by atoms with Gasteiger partial charge in [-0.2, -0.15) is 0 Å². The van der Waals surface area contributed by atoms with Crippen LogP contribution < -0.4 is 9.47 Å². The first kappa shape index (κ1) is 13.4. The summed E-state index contributed by atoms with van der Waals surface area (Å²) < 4.78 is 10.9. The maximum absolute atomic E-state index is 11.2.